The van der Waals surface area contributed by atoms with Gasteiger partial charge in [0.2, 0.25) is 0 Å². The fourth-order valence-corrected chi connectivity index (χ4v) is 2.72. The highest BCUT2D eigenvalue weighted by molar-refractivity contribution is 5.88. The van der Waals surface area contributed by atoms with E-state index in [9.17, 15) is 9.59 Å². The Morgan fingerprint density at radius 1 is 1.15 bits per heavy atom. The molecule has 0 spiro atoms. The molecule has 0 aliphatic carbocycles. The summed E-state index contributed by atoms with van der Waals surface area (Å²) >= 11 is 0. The number of ketones is 1. The number of amides is 2. The molecule has 20 heavy (non-hydrogen) atoms. The first-order chi connectivity index (χ1) is 9.72. The Bertz CT molecular complexity index is 336. The highest BCUT2D eigenvalue weighted by Crippen LogP contribution is 2.20. The summed E-state index contributed by atoms with van der Waals surface area (Å²) in [6, 6.07) is -0.522. The first-order valence-electron chi connectivity index (χ1n) is 7.46. The van der Waals surface area contributed by atoms with Crippen LogP contribution in [-0.2, 0) is 14.3 Å². The number of carbonyl (C=O) groups is 2. The molecule has 0 aromatic carbocycles. The third-order valence-corrected chi connectivity index (χ3v) is 4.01. The molecule has 1 N–H and O–H groups in total. The number of nitrogens with zero attached hydrogens (tertiary/aromatic N) is 1. The number of nitrogens with one attached hydrogen (secondary N) is 1. The van der Waals surface area contributed by atoms with Crippen molar-refractivity contribution in [2.24, 2.45) is 5.92 Å². The van der Waals surface area contributed by atoms with Crippen molar-refractivity contribution in [1.82, 2.24) is 10.2 Å². The van der Waals surface area contributed by atoms with Gasteiger partial charge in [0.25, 0.3) is 0 Å². The van der Waals surface area contributed by atoms with Crippen molar-refractivity contribution in [2.75, 3.05) is 39.5 Å². The molecular weight excluding hydrogens is 260 g/mol. The number of ether oxygens (including phenoxy) is 2. The van der Waals surface area contributed by atoms with Crippen LogP contribution in [0.1, 0.15) is 26.2 Å². The molecule has 0 radical (unpaired) electrons. The summed E-state index contributed by atoms with van der Waals surface area (Å²) in [7, 11) is 0. The van der Waals surface area contributed by atoms with Gasteiger partial charge in [-0.3, -0.25) is 4.79 Å². The van der Waals surface area contributed by atoms with Crippen LogP contribution in [-0.4, -0.2) is 62.3 Å². The van der Waals surface area contributed by atoms with E-state index in [0.29, 0.717) is 45.9 Å². The Kier molecular flexibility index (Phi) is 5.79. The minimum atomic E-state index is -0.376. The molecule has 0 unspecified atom stereocenters. The van der Waals surface area contributed by atoms with Crippen LogP contribution in [0.4, 0.5) is 4.79 Å². The number of morpholine rings is 1. The molecule has 6 nitrogen and oxygen atoms in total. The molecule has 2 heterocycles. The van der Waals surface area contributed by atoms with Crippen LogP contribution in [0, 0.1) is 5.92 Å². The molecule has 1 atom stereocenters. The highest BCUT2D eigenvalue weighted by Gasteiger charge is 2.31. The average molecular weight is 284 g/mol. The van der Waals surface area contributed by atoms with E-state index in [-0.39, 0.29) is 23.8 Å². The van der Waals surface area contributed by atoms with Gasteiger partial charge >= 0.3 is 6.03 Å². The van der Waals surface area contributed by atoms with Gasteiger partial charge in [-0.15, -0.1) is 0 Å². The van der Waals surface area contributed by atoms with Crippen molar-refractivity contribution < 1.29 is 19.1 Å². The van der Waals surface area contributed by atoms with Crippen molar-refractivity contribution in [3.05, 3.63) is 0 Å². The van der Waals surface area contributed by atoms with Crippen LogP contribution in [0.3, 0.4) is 0 Å². The van der Waals surface area contributed by atoms with Gasteiger partial charge in [-0.05, 0) is 18.8 Å². The standard InChI is InChI=1S/C14H24N2O4/c1-2-12(17)13(11-3-7-19-8-4-11)15-14(18)16-5-9-20-10-6-16/h11,13H,2-10H2,1H3,(H,15,18)/t13-/m0/s1. The minimum absolute atomic E-state index is 0.110. The van der Waals surface area contributed by atoms with Gasteiger partial charge in [0.15, 0.2) is 5.78 Å². The Morgan fingerprint density at radius 3 is 2.35 bits per heavy atom. The van der Waals surface area contributed by atoms with Crippen LogP contribution < -0.4 is 5.32 Å². The number of Topliss-reactive ketones (excluding diaryl/α,β-unsaturated/α-hetero) is 1. The molecular formula is C14H24N2O4. The molecule has 2 aliphatic rings. The first kappa shape index (κ1) is 15.3. The van der Waals surface area contributed by atoms with Crippen molar-refractivity contribution in [3.63, 3.8) is 0 Å². The maximum Gasteiger partial charge on any atom is 0.318 e. The lowest BCUT2D eigenvalue weighted by Gasteiger charge is -2.33. The van der Waals surface area contributed by atoms with Gasteiger partial charge in [0.05, 0.1) is 19.3 Å². The quantitative estimate of drug-likeness (QED) is 0.829. The molecule has 0 aromatic rings. The molecule has 0 bridgehead atoms. The maximum absolute atomic E-state index is 12.2. The van der Waals surface area contributed by atoms with Gasteiger partial charge in [0.1, 0.15) is 0 Å². The molecule has 0 aromatic heterocycles. The fraction of sp³-hybridized carbons (Fsp3) is 0.857. The van der Waals surface area contributed by atoms with E-state index in [0.717, 1.165) is 12.8 Å². The highest BCUT2D eigenvalue weighted by atomic mass is 16.5. The van der Waals surface area contributed by atoms with Crippen molar-refractivity contribution >= 4 is 11.8 Å². The number of rotatable bonds is 4. The molecule has 114 valence electrons. The Labute approximate surface area is 119 Å². The Morgan fingerprint density at radius 2 is 1.75 bits per heavy atom. The van der Waals surface area contributed by atoms with Gasteiger partial charge in [-0.25, -0.2) is 4.79 Å². The summed E-state index contributed by atoms with van der Waals surface area (Å²) in [4.78, 5) is 26.1. The van der Waals surface area contributed by atoms with Crippen LogP contribution in [0.15, 0.2) is 0 Å². The SMILES string of the molecule is CCC(=O)[C@@H](NC(=O)N1CCOCC1)C1CCOCC1. The van der Waals surface area contributed by atoms with Crippen LogP contribution in [0.5, 0.6) is 0 Å². The zero-order valence-corrected chi connectivity index (χ0v) is 12.1. The number of urea groups is 1. The fourth-order valence-electron chi connectivity index (χ4n) is 2.72. The maximum atomic E-state index is 12.2. The van der Waals surface area contributed by atoms with Crippen molar-refractivity contribution in [3.8, 4) is 0 Å². The van der Waals surface area contributed by atoms with Gasteiger partial charge in [-0.1, -0.05) is 6.92 Å². The van der Waals surface area contributed by atoms with Crippen molar-refractivity contribution in [1.29, 1.82) is 0 Å². The topological polar surface area (TPSA) is 67.9 Å². The predicted octanol–water partition coefficient (Wildman–Crippen LogP) is 0.802. The van der Waals surface area contributed by atoms with E-state index in [2.05, 4.69) is 5.32 Å². The predicted molar refractivity (Wildman–Crippen MR) is 73.6 cm³/mol. The molecule has 0 saturated carbocycles. The third-order valence-electron chi connectivity index (χ3n) is 4.01. The molecule has 2 rings (SSSR count). The molecule has 2 fully saturated rings. The summed E-state index contributed by atoms with van der Waals surface area (Å²) in [6.07, 6.45) is 2.12. The van der Waals surface area contributed by atoms with E-state index < -0.39 is 0 Å². The molecule has 2 amide bonds. The molecule has 6 heteroatoms. The Hall–Kier alpha value is -1.14. The molecule has 2 saturated heterocycles. The lowest BCUT2D eigenvalue weighted by atomic mass is 9.88. The van der Waals surface area contributed by atoms with Gasteiger partial charge < -0.3 is 19.7 Å². The lowest BCUT2D eigenvalue weighted by Crippen LogP contribution is -2.54. The van der Waals surface area contributed by atoms with Gasteiger partial charge in [0, 0.05) is 32.7 Å². The second kappa shape index (κ2) is 7.59. The lowest BCUT2D eigenvalue weighted by molar-refractivity contribution is -0.122. The zero-order valence-electron chi connectivity index (χ0n) is 12.1. The summed E-state index contributed by atoms with van der Waals surface area (Å²) in [5.74, 6) is 0.305. The largest absolute Gasteiger partial charge is 0.381 e. The average Bonchev–Trinajstić information content (AvgIpc) is 2.53. The number of carbonyl (C=O) groups excluding carboxylic acids is 2. The summed E-state index contributed by atoms with van der Waals surface area (Å²) in [5.41, 5.74) is 0. The van der Waals surface area contributed by atoms with E-state index in [1.807, 2.05) is 6.92 Å². The second-order valence-corrected chi connectivity index (χ2v) is 5.30. The van der Waals surface area contributed by atoms with E-state index in [1.165, 1.54) is 0 Å². The van der Waals surface area contributed by atoms with Crippen LogP contribution in [0.25, 0.3) is 0 Å². The second-order valence-electron chi connectivity index (χ2n) is 5.30. The van der Waals surface area contributed by atoms with E-state index in [1.54, 1.807) is 4.90 Å². The zero-order chi connectivity index (χ0) is 14.4. The Balaban J connectivity index is 1.95. The summed E-state index contributed by atoms with van der Waals surface area (Å²) in [5, 5.41) is 2.93. The van der Waals surface area contributed by atoms with E-state index >= 15 is 0 Å². The number of hydrogen-bond donors (Lipinski definition) is 1. The number of hydrogen-bond acceptors (Lipinski definition) is 4. The summed E-state index contributed by atoms with van der Waals surface area (Å²) < 4.78 is 10.6. The smallest absolute Gasteiger partial charge is 0.318 e. The normalized spacial score (nSPS) is 22.4. The van der Waals surface area contributed by atoms with E-state index in [4.69, 9.17) is 9.47 Å². The monoisotopic (exact) mass is 284 g/mol. The summed E-state index contributed by atoms with van der Waals surface area (Å²) in [6.45, 7) is 5.50. The van der Waals surface area contributed by atoms with Gasteiger partial charge in [-0.2, -0.15) is 0 Å². The molecule has 2 aliphatic heterocycles. The van der Waals surface area contributed by atoms with Crippen LogP contribution in [0.2, 0.25) is 0 Å². The van der Waals surface area contributed by atoms with Crippen molar-refractivity contribution in [2.45, 2.75) is 32.2 Å². The minimum Gasteiger partial charge on any atom is -0.381 e. The first-order valence-corrected chi connectivity index (χ1v) is 7.46. The third kappa shape index (κ3) is 3.93. The van der Waals surface area contributed by atoms with Crippen LogP contribution >= 0.6 is 0 Å².